The molecule has 2 amide bonds. The Bertz CT molecular complexity index is 420. The lowest BCUT2D eigenvalue weighted by molar-refractivity contribution is 0.0905. The first-order valence-corrected chi connectivity index (χ1v) is 5.02. The molecule has 0 aliphatic rings. The Hall–Kier alpha value is -1.95. The highest BCUT2D eigenvalue weighted by Crippen LogP contribution is 2.01. The van der Waals surface area contributed by atoms with Crippen LogP contribution in [0.15, 0.2) is 12.3 Å². The standard InChI is InChI=1S/C11H14N3O3/c1-7(6-17-2)14-11(16)8-3-4-13-9(5-8)10(12)15/h3-4,7H,6H2,1-2H3,(H2,12,15)(H,14,16). The van der Waals surface area contributed by atoms with Crippen LogP contribution >= 0.6 is 0 Å². The summed E-state index contributed by atoms with van der Waals surface area (Å²) in [7, 11) is 1.55. The number of rotatable bonds is 5. The predicted molar refractivity (Wildman–Crippen MR) is 60.4 cm³/mol. The van der Waals surface area contributed by atoms with Crippen LogP contribution < -0.4 is 11.1 Å². The van der Waals surface area contributed by atoms with E-state index in [0.717, 1.165) is 0 Å². The number of ether oxygens (including phenoxy) is 1. The predicted octanol–water partition coefficient (Wildman–Crippen LogP) is -0.255. The van der Waals surface area contributed by atoms with Crippen LogP contribution in [0.2, 0.25) is 0 Å². The maximum absolute atomic E-state index is 11.7. The smallest absolute Gasteiger partial charge is 0.267 e. The molecule has 1 aromatic heterocycles. The summed E-state index contributed by atoms with van der Waals surface area (Å²) >= 11 is 0. The number of nitrogens with one attached hydrogen (secondary N) is 1. The van der Waals surface area contributed by atoms with Crippen LogP contribution in [-0.4, -0.2) is 36.6 Å². The minimum absolute atomic E-state index is 0.0583. The van der Waals surface area contributed by atoms with Crippen LogP contribution in [0.4, 0.5) is 0 Å². The number of carbonyl (C=O) groups excluding carboxylic acids is 2. The van der Waals surface area contributed by atoms with Gasteiger partial charge in [-0.2, -0.15) is 0 Å². The first-order valence-electron chi connectivity index (χ1n) is 5.02. The van der Waals surface area contributed by atoms with Crippen molar-refractivity contribution in [2.75, 3.05) is 13.7 Å². The third-order valence-corrected chi connectivity index (χ3v) is 1.97. The van der Waals surface area contributed by atoms with E-state index in [1.165, 1.54) is 12.3 Å². The van der Waals surface area contributed by atoms with Gasteiger partial charge in [0, 0.05) is 25.4 Å². The molecule has 0 aromatic carbocycles. The van der Waals surface area contributed by atoms with Crippen molar-refractivity contribution in [2.24, 2.45) is 5.73 Å². The SMILES string of the molecule is COCC(C)NC(=O)c1[c]c(C(N)=O)ncc1. The number of hydrogen-bond acceptors (Lipinski definition) is 4. The van der Waals surface area contributed by atoms with Crippen molar-refractivity contribution < 1.29 is 14.3 Å². The van der Waals surface area contributed by atoms with E-state index in [2.05, 4.69) is 16.4 Å². The van der Waals surface area contributed by atoms with Gasteiger partial charge in [-0.15, -0.1) is 0 Å². The molecule has 0 saturated heterocycles. The van der Waals surface area contributed by atoms with Crippen LogP contribution in [0.3, 0.4) is 0 Å². The number of nitrogens with zero attached hydrogens (tertiary/aromatic N) is 1. The lowest BCUT2D eigenvalue weighted by Gasteiger charge is -2.12. The normalized spacial score (nSPS) is 11.9. The Morgan fingerprint density at radius 2 is 2.35 bits per heavy atom. The molecule has 0 spiro atoms. The van der Waals surface area contributed by atoms with E-state index < -0.39 is 5.91 Å². The summed E-state index contributed by atoms with van der Waals surface area (Å²) in [5, 5.41) is 2.69. The maximum atomic E-state index is 11.7. The highest BCUT2D eigenvalue weighted by molar-refractivity contribution is 5.97. The number of aromatic nitrogens is 1. The molecule has 6 nitrogen and oxygen atoms in total. The molecule has 1 atom stereocenters. The largest absolute Gasteiger partial charge is 0.383 e. The van der Waals surface area contributed by atoms with Gasteiger partial charge in [0.2, 0.25) is 0 Å². The fourth-order valence-corrected chi connectivity index (χ4v) is 1.24. The Balaban J connectivity index is 2.75. The van der Waals surface area contributed by atoms with Crippen molar-refractivity contribution in [3.8, 4) is 0 Å². The molecule has 0 aliphatic carbocycles. The Morgan fingerprint density at radius 3 is 2.94 bits per heavy atom. The highest BCUT2D eigenvalue weighted by atomic mass is 16.5. The van der Waals surface area contributed by atoms with Gasteiger partial charge >= 0.3 is 0 Å². The summed E-state index contributed by atoms with van der Waals surface area (Å²) in [5.74, 6) is -1.07. The molecule has 1 radical (unpaired) electrons. The van der Waals surface area contributed by atoms with Gasteiger partial charge < -0.3 is 15.8 Å². The van der Waals surface area contributed by atoms with E-state index in [4.69, 9.17) is 10.5 Å². The van der Waals surface area contributed by atoms with Crippen molar-refractivity contribution in [3.05, 3.63) is 29.6 Å². The molecule has 0 aliphatic heterocycles. The fourth-order valence-electron chi connectivity index (χ4n) is 1.24. The maximum Gasteiger partial charge on any atom is 0.267 e. The molecule has 17 heavy (non-hydrogen) atoms. The van der Waals surface area contributed by atoms with E-state index in [-0.39, 0.29) is 23.2 Å². The van der Waals surface area contributed by atoms with Crippen molar-refractivity contribution in [2.45, 2.75) is 13.0 Å². The third-order valence-electron chi connectivity index (χ3n) is 1.97. The number of carbonyl (C=O) groups is 2. The number of amides is 2. The van der Waals surface area contributed by atoms with E-state index in [0.29, 0.717) is 6.61 Å². The number of methoxy groups -OCH3 is 1. The quantitative estimate of drug-likeness (QED) is 0.736. The van der Waals surface area contributed by atoms with Crippen molar-refractivity contribution in [1.29, 1.82) is 0 Å². The zero-order valence-corrected chi connectivity index (χ0v) is 9.69. The monoisotopic (exact) mass is 236 g/mol. The molecular weight excluding hydrogens is 222 g/mol. The van der Waals surface area contributed by atoms with E-state index in [1.807, 2.05) is 0 Å². The average molecular weight is 236 g/mol. The molecule has 91 valence electrons. The number of hydrogen-bond donors (Lipinski definition) is 2. The molecule has 6 heteroatoms. The molecule has 1 aromatic rings. The second-order valence-electron chi connectivity index (χ2n) is 3.53. The average Bonchev–Trinajstić information content (AvgIpc) is 2.29. The van der Waals surface area contributed by atoms with Gasteiger partial charge in [-0.25, -0.2) is 0 Å². The van der Waals surface area contributed by atoms with Crippen LogP contribution in [0.1, 0.15) is 27.8 Å². The van der Waals surface area contributed by atoms with E-state index >= 15 is 0 Å². The topological polar surface area (TPSA) is 94.3 Å². The molecular formula is C11H14N3O3. The molecule has 1 heterocycles. The summed E-state index contributed by atoms with van der Waals surface area (Å²) in [6.07, 6.45) is 1.34. The molecule has 1 unspecified atom stereocenters. The summed E-state index contributed by atoms with van der Waals surface area (Å²) in [4.78, 5) is 26.3. The zero-order valence-electron chi connectivity index (χ0n) is 9.69. The van der Waals surface area contributed by atoms with Gasteiger partial charge in [-0.1, -0.05) is 0 Å². The lowest BCUT2D eigenvalue weighted by atomic mass is 10.2. The third kappa shape index (κ3) is 3.84. The molecule has 1 rings (SSSR count). The molecule has 0 saturated carbocycles. The summed E-state index contributed by atoms with van der Waals surface area (Å²) in [6, 6.07) is 3.88. The van der Waals surface area contributed by atoms with Gasteiger partial charge in [0.15, 0.2) is 0 Å². The Labute approximate surface area is 99.2 Å². The van der Waals surface area contributed by atoms with Crippen molar-refractivity contribution in [1.82, 2.24) is 10.3 Å². The van der Waals surface area contributed by atoms with Crippen molar-refractivity contribution >= 4 is 11.8 Å². The Morgan fingerprint density at radius 1 is 1.65 bits per heavy atom. The van der Waals surface area contributed by atoms with E-state index in [1.54, 1.807) is 14.0 Å². The summed E-state index contributed by atoms with van der Waals surface area (Å²) < 4.78 is 4.89. The van der Waals surface area contributed by atoms with Crippen LogP contribution in [0, 0.1) is 6.07 Å². The summed E-state index contributed by atoms with van der Waals surface area (Å²) in [6.45, 7) is 2.21. The zero-order chi connectivity index (χ0) is 12.8. The van der Waals surface area contributed by atoms with Gasteiger partial charge in [-0.3, -0.25) is 14.6 Å². The summed E-state index contributed by atoms with van der Waals surface area (Å²) in [5.41, 5.74) is 5.21. The number of nitrogens with two attached hydrogens (primary N) is 1. The molecule has 0 fully saturated rings. The first-order chi connectivity index (χ1) is 8.04. The minimum Gasteiger partial charge on any atom is -0.383 e. The van der Waals surface area contributed by atoms with Crippen LogP contribution in [-0.2, 0) is 4.74 Å². The van der Waals surface area contributed by atoms with Crippen LogP contribution in [0.5, 0.6) is 0 Å². The lowest BCUT2D eigenvalue weighted by Crippen LogP contribution is -2.35. The second-order valence-corrected chi connectivity index (χ2v) is 3.53. The molecule has 3 N–H and O–H groups in total. The highest BCUT2D eigenvalue weighted by Gasteiger charge is 2.12. The van der Waals surface area contributed by atoms with E-state index in [9.17, 15) is 9.59 Å². The van der Waals surface area contributed by atoms with Gasteiger partial charge in [0.25, 0.3) is 11.8 Å². The second kappa shape index (κ2) is 5.95. The van der Waals surface area contributed by atoms with Gasteiger partial charge in [-0.05, 0) is 13.0 Å². The van der Waals surface area contributed by atoms with Crippen molar-refractivity contribution in [3.63, 3.8) is 0 Å². The fraction of sp³-hybridized carbons (Fsp3) is 0.364. The van der Waals surface area contributed by atoms with Gasteiger partial charge in [0.1, 0.15) is 5.69 Å². The number of pyridine rings is 1. The Kier molecular flexibility index (Phi) is 4.59. The van der Waals surface area contributed by atoms with Gasteiger partial charge in [0.05, 0.1) is 12.2 Å². The minimum atomic E-state index is -0.718. The first kappa shape index (κ1) is 13.1. The van der Waals surface area contributed by atoms with Crippen LogP contribution in [0.25, 0.3) is 0 Å². The molecule has 0 bridgehead atoms. The number of primary amides is 1.